The summed E-state index contributed by atoms with van der Waals surface area (Å²) in [7, 11) is 0. The number of rotatable bonds is 3. The van der Waals surface area contributed by atoms with E-state index in [-0.39, 0.29) is 16.8 Å². The Morgan fingerprint density at radius 1 is 1.21 bits per heavy atom. The molecule has 0 aliphatic heterocycles. The molecule has 0 saturated carbocycles. The Kier molecular flexibility index (Phi) is 3.87. The fourth-order valence-electron chi connectivity index (χ4n) is 1.47. The maximum Gasteiger partial charge on any atom is 0.196 e. The largest absolute Gasteiger partial charge is 0.389 e. The first-order valence-electron chi connectivity index (χ1n) is 5.51. The molecular weight excluding hydrogens is 267 g/mol. The zero-order chi connectivity index (χ0) is 14.0. The molecule has 1 unspecified atom stereocenters. The molecule has 0 saturated heterocycles. The van der Waals surface area contributed by atoms with Crippen molar-refractivity contribution in [2.24, 2.45) is 0 Å². The molecule has 2 rings (SSSR count). The van der Waals surface area contributed by atoms with Gasteiger partial charge in [-0.05, 0) is 36.4 Å². The molecule has 0 aliphatic carbocycles. The molecule has 0 amide bonds. The van der Waals surface area contributed by atoms with Crippen molar-refractivity contribution in [3.8, 4) is 0 Å². The molecule has 0 spiro atoms. The summed E-state index contributed by atoms with van der Waals surface area (Å²) in [4.78, 5) is 8.27. The van der Waals surface area contributed by atoms with Gasteiger partial charge in [0.25, 0.3) is 0 Å². The van der Waals surface area contributed by atoms with Gasteiger partial charge in [0.15, 0.2) is 5.16 Å². The highest BCUT2D eigenvalue weighted by molar-refractivity contribution is 7.99. The summed E-state index contributed by atoms with van der Waals surface area (Å²) in [5.74, 6) is 0.0139. The topological polar surface area (TPSA) is 98.0 Å². The highest BCUT2D eigenvalue weighted by Gasteiger charge is 2.10. The summed E-state index contributed by atoms with van der Waals surface area (Å²) in [5.41, 5.74) is 11.6. The van der Waals surface area contributed by atoms with E-state index in [1.54, 1.807) is 19.1 Å². The molecule has 1 aromatic carbocycles. The van der Waals surface area contributed by atoms with Crippen LogP contribution in [0.3, 0.4) is 0 Å². The third-order valence-corrected chi connectivity index (χ3v) is 3.30. The van der Waals surface area contributed by atoms with Crippen molar-refractivity contribution in [2.75, 3.05) is 11.5 Å². The molecule has 1 heterocycles. The minimum atomic E-state index is -0.715. The first-order valence-corrected chi connectivity index (χ1v) is 6.33. The van der Waals surface area contributed by atoms with Gasteiger partial charge in [-0.3, -0.25) is 0 Å². The Bertz CT molecular complexity index is 586. The third-order valence-electron chi connectivity index (χ3n) is 2.38. The first kappa shape index (κ1) is 13.6. The molecular formula is C12H13FN4OS. The number of anilines is 2. The molecule has 5 N–H and O–H groups in total. The van der Waals surface area contributed by atoms with Crippen LogP contribution in [0, 0.1) is 5.82 Å². The number of benzene rings is 1. The van der Waals surface area contributed by atoms with E-state index < -0.39 is 11.9 Å². The van der Waals surface area contributed by atoms with Crippen molar-refractivity contribution in [3.63, 3.8) is 0 Å². The van der Waals surface area contributed by atoms with E-state index in [2.05, 4.69) is 9.97 Å². The van der Waals surface area contributed by atoms with Gasteiger partial charge in [0.1, 0.15) is 17.5 Å². The zero-order valence-electron chi connectivity index (χ0n) is 10.2. The van der Waals surface area contributed by atoms with Crippen LogP contribution in [0.25, 0.3) is 0 Å². The number of nitrogen functional groups attached to an aromatic ring is 2. The van der Waals surface area contributed by atoms with Gasteiger partial charge in [-0.15, -0.1) is 0 Å². The number of aromatic nitrogens is 2. The van der Waals surface area contributed by atoms with Gasteiger partial charge in [-0.25, -0.2) is 14.4 Å². The van der Waals surface area contributed by atoms with Crippen molar-refractivity contribution in [2.45, 2.75) is 23.1 Å². The number of hydrogen-bond donors (Lipinski definition) is 3. The van der Waals surface area contributed by atoms with Crippen molar-refractivity contribution < 1.29 is 9.50 Å². The molecule has 0 aliphatic rings. The van der Waals surface area contributed by atoms with Crippen LogP contribution < -0.4 is 11.5 Å². The van der Waals surface area contributed by atoms with Crippen LogP contribution in [0.15, 0.2) is 34.3 Å². The van der Waals surface area contributed by atoms with Crippen molar-refractivity contribution >= 4 is 23.4 Å². The molecule has 1 atom stereocenters. The molecule has 7 heteroatoms. The molecule has 100 valence electrons. The van der Waals surface area contributed by atoms with E-state index in [4.69, 9.17) is 11.5 Å². The number of nitrogens with zero attached hydrogens (tertiary/aromatic N) is 2. The molecule has 2 aromatic rings. The van der Waals surface area contributed by atoms with Gasteiger partial charge in [-0.1, -0.05) is 6.07 Å². The number of aliphatic hydroxyl groups is 1. The van der Waals surface area contributed by atoms with Crippen LogP contribution in [-0.4, -0.2) is 15.1 Å². The Morgan fingerprint density at radius 2 is 1.84 bits per heavy atom. The summed E-state index contributed by atoms with van der Waals surface area (Å²) < 4.78 is 13.8. The first-order chi connectivity index (χ1) is 8.95. The van der Waals surface area contributed by atoms with Crippen LogP contribution in [0.2, 0.25) is 0 Å². The van der Waals surface area contributed by atoms with Crippen molar-refractivity contribution in [1.29, 1.82) is 0 Å². The van der Waals surface area contributed by atoms with Crippen molar-refractivity contribution in [1.82, 2.24) is 9.97 Å². The van der Waals surface area contributed by atoms with Gasteiger partial charge < -0.3 is 16.6 Å². The second-order valence-electron chi connectivity index (χ2n) is 3.97. The SMILES string of the molecule is CC(O)c1ccc(Sc2nc(N)cc(N)n2)c(F)c1. The summed E-state index contributed by atoms with van der Waals surface area (Å²) >= 11 is 1.02. The summed E-state index contributed by atoms with van der Waals surface area (Å²) in [6, 6.07) is 5.91. The maximum absolute atomic E-state index is 13.8. The van der Waals surface area contributed by atoms with Gasteiger partial charge in [0, 0.05) is 6.07 Å². The molecule has 1 aromatic heterocycles. The van der Waals surface area contributed by atoms with Gasteiger partial charge in [-0.2, -0.15) is 0 Å². The highest BCUT2D eigenvalue weighted by Crippen LogP contribution is 2.29. The summed E-state index contributed by atoms with van der Waals surface area (Å²) in [6.45, 7) is 1.57. The lowest BCUT2D eigenvalue weighted by molar-refractivity contribution is 0.198. The van der Waals surface area contributed by atoms with E-state index >= 15 is 0 Å². The van der Waals surface area contributed by atoms with E-state index in [1.165, 1.54) is 12.1 Å². The summed E-state index contributed by atoms with van der Waals surface area (Å²) in [6.07, 6.45) is -0.715. The average Bonchev–Trinajstić information content (AvgIpc) is 2.30. The Balaban J connectivity index is 2.28. The Hall–Kier alpha value is -1.86. The minimum absolute atomic E-state index is 0.232. The van der Waals surface area contributed by atoms with E-state index in [1.807, 2.05) is 0 Å². The van der Waals surface area contributed by atoms with Gasteiger partial charge in [0.2, 0.25) is 0 Å². The second kappa shape index (κ2) is 5.41. The Labute approximate surface area is 113 Å². The molecule has 0 radical (unpaired) electrons. The lowest BCUT2D eigenvalue weighted by atomic mass is 10.1. The van der Waals surface area contributed by atoms with Crippen LogP contribution >= 0.6 is 11.8 Å². The number of halogens is 1. The molecule has 19 heavy (non-hydrogen) atoms. The fourth-order valence-corrected chi connectivity index (χ4v) is 2.26. The summed E-state index contributed by atoms with van der Waals surface area (Å²) in [5, 5.41) is 9.65. The maximum atomic E-state index is 13.8. The smallest absolute Gasteiger partial charge is 0.196 e. The predicted octanol–water partition coefficient (Wildman–Crippen LogP) is 1.98. The molecule has 0 fully saturated rings. The van der Waals surface area contributed by atoms with Gasteiger partial charge >= 0.3 is 0 Å². The fraction of sp³-hybridized carbons (Fsp3) is 0.167. The number of nitrogens with two attached hydrogens (primary N) is 2. The van der Waals surface area contributed by atoms with Crippen LogP contribution in [0.4, 0.5) is 16.0 Å². The van der Waals surface area contributed by atoms with E-state index in [0.29, 0.717) is 10.5 Å². The normalized spacial score (nSPS) is 12.4. The molecule has 0 bridgehead atoms. The lowest BCUT2D eigenvalue weighted by Crippen LogP contribution is -1.99. The zero-order valence-corrected chi connectivity index (χ0v) is 11.0. The van der Waals surface area contributed by atoms with Crippen LogP contribution in [-0.2, 0) is 0 Å². The lowest BCUT2D eigenvalue weighted by Gasteiger charge is -2.07. The third kappa shape index (κ3) is 3.33. The number of hydrogen-bond acceptors (Lipinski definition) is 6. The van der Waals surface area contributed by atoms with Crippen LogP contribution in [0.5, 0.6) is 0 Å². The highest BCUT2D eigenvalue weighted by atomic mass is 32.2. The second-order valence-corrected chi connectivity index (χ2v) is 4.98. The Morgan fingerprint density at radius 3 is 2.37 bits per heavy atom. The van der Waals surface area contributed by atoms with Gasteiger partial charge in [0.05, 0.1) is 11.0 Å². The standard InChI is InChI=1S/C12H13FN4OS/c1-6(18)7-2-3-9(8(13)4-7)19-12-16-10(14)5-11(15)17-12/h2-6,18H,1H3,(H4,14,15,16,17). The quantitative estimate of drug-likeness (QED) is 0.744. The molecule has 5 nitrogen and oxygen atoms in total. The average molecular weight is 280 g/mol. The minimum Gasteiger partial charge on any atom is -0.389 e. The van der Waals surface area contributed by atoms with Crippen molar-refractivity contribution in [3.05, 3.63) is 35.6 Å². The number of aliphatic hydroxyl groups excluding tert-OH is 1. The predicted molar refractivity (Wildman–Crippen MR) is 72.0 cm³/mol. The van der Waals surface area contributed by atoms with Crippen LogP contribution in [0.1, 0.15) is 18.6 Å². The van der Waals surface area contributed by atoms with E-state index in [9.17, 15) is 9.50 Å². The van der Waals surface area contributed by atoms with E-state index in [0.717, 1.165) is 11.8 Å². The monoisotopic (exact) mass is 280 g/mol.